The molecule has 94 valence electrons. The molecule has 0 radical (unpaired) electrons. The van der Waals surface area contributed by atoms with Gasteiger partial charge in [-0.3, -0.25) is 0 Å². The van der Waals surface area contributed by atoms with Gasteiger partial charge in [0, 0.05) is 12.1 Å². The molecule has 0 amide bonds. The van der Waals surface area contributed by atoms with E-state index in [-0.39, 0.29) is 5.56 Å². The Hall–Kier alpha value is -2.17. The van der Waals surface area contributed by atoms with Gasteiger partial charge in [-0.2, -0.15) is 0 Å². The van der Waals surface area contributed by atoms with Crippen molar-refractivity contribution in [3.05, 3.63) is 35.5 Å². The summed E-state index contributed by atoms with van der Waals surface area (Å²) in [6.07, 6.45) is 2.53. The summed E-state index contributed by atoms with van der Waals surface area (Å²) in [6.45, 7) is 4.70. The minimum absolute atomic E-state index is 0.278. The molecule has 0 unspecified atom stereocenters. The Morgan fingerprint density at radius 2 is 2.22 bits per heavy atom. The fourth-order valence-corrected chi connectivity index (χ4v) is 1.90. The van der Waals surface area contributed by atoms with Crippen LogP contribution in [-0.2, 0) is 6.54 Å². The highest BCUT2D eigenvalue weighted by atomic mass is 16.4. The fourth-order valence-electron chi connectivity index (χ4n) is 1.90. The van der Waals surface area contributed by atoms with E-state index < -0.39 is 5.97 Å². The lowest BCUT2D eigenvalue weighted by Gasteiger charge is -2.08. The number of carboxylic acids is 1. The summed E-state index contributed by atoms with van der Waals surface area (Å²) in [5.74, 6) is -0.936. The van der Waals surface area contributed by atoms with E-state index in [1.54, 1.807) is 23.0 Å². The average molecular weight is 245 g/mol. The molecule has 0 aliphatic rings. The van der Waals surface area contributed by atoms with Crippen molar-refractivity contribution < 1.29 is 9.90 Å². The van der Waals surface area contributed by atoms with Gasteiger partial charge in [-0.25, -0.2) is 9.48 Å². The van der Waals surface area contributed by atoms with Crippen molar-refractivity contribution >= 4 is 5.97 Å². The third kappa shape index (κ3) is 2.25. The zero-order valence-corrected chi connectivity index (χ0v) is 10.4. The maximum absolute atomic E-state index is 11.2. The van der Waals surface area contributed by atoms with E-state index in [0.717, 1.165) is 24.2 Å². The second-order valence-corrected chi connectivity index (χ2v) is 4.20. The monoisotopic (exact) mass is 245 g/mol. The summed E-state index contributed by atoms with van der Waals surface area (Å²) in [4.78, 5) is 11.2. The van der Waals surface area contributed by atoms with Gasteiger partial charge in [-0.1, -0.05) is 23.8 Å². The molecule has 5 heteroatoms. The van der Waals surface area contributed by atoms with Crippen molar-refractivity contribution in [1.82, 2.24) is 15.0 Å². The minimum Gasteiger partial charge on any atom is -0.478 e. The molecule has 1 heterocycles. The van der Waals surface area contributed by atoms with Gasteiger partial charge in [-0.05, 0) is 25.5 Å². The van der Waals surface area contributed by atoms with Gasteiger partial charge in [0.15, 0.2) is 0 Å². The first-order valence-electron chi connectivity index (χ1n) is 5.86. The molecule has 0 spiro atoms. The molecule has 0 aliphatic heterocycles. The second-order valence-electron chi connectivity index (χ2n) is 4.20. The highest BCUT2D eigenvalue weighted by Gasteiger charge is 2.15. The third-order valence-electron chi connectivity index (χ3n) is 2.73. The standard InChI is InChI=1S/C13H15N3O2/c1-3-6-16-12(8-14-15-16)11-7-9(2)4-5-10(11)13(17)18/h4-5,7-8H,3,6H2,1-2H3,(H,17,18). The van der Waals surface area contributed by atoms with E-state index in [4.69, 9.17) is 0 Å². The van der Waals surface area contributed by atoms with E-state index in [0.29, 0.717) is 5.56 Å². The summed E-state index contributed by atoms with van der Waals surface area (Å²) in [7, 11) is 0. The van der Waals surface area contributed by atoms with Crippen LogP contribution in [-0.4, -0.2) is 26.1 Å². The molecule has 2 rings (SSSR count). The number of rotatable bonds is 4. The molecular weight excluding hydrogens is 230 g/mol. The van der Waals surface area contributed by atoms with Crippen molar-refractivity contribution in [2.75, 3.05) is 0 Å². The number of carbonyl (C=O) groups is 1. The fraction of sp³-hybridized carbons (Fsp3) is 0.308. The number of hydrogen-bond donors (Lipinski definition) is 1. The van der Waals surface area contributed by atoms with E-state index in [2.05, 4.69) is 10.3 Å². The van der Waals surface area contributed by atoms with Crippen molar-refractivity contribution in [3.63, 3.8) is 0 Å². The first-order chi connectivity index (χ1) is 8.63. The van der Waals surface area contributed by atoms with Crippen molar-refractivity contribution in [2.45, 2.75) is 26.8 Å². The van der Waals surface area contributed by atoms with Crippen molar-refractivity contribution in [3.8, 4) is 11.3 Å². The SMILES string of the molecule is CCCn1nncc1-c1cc(C)ccc1C(=O)O. The van der Waals surface area contributed by atoms with Crippen LogP contribution in [0.15, 0.2) is 24.4 Å². The number of benzene rings is 1. The molecule has 0 fully saturated rings. The van der Waals surface area contributed by atoms with Gasteiger partial charge in [0.2, 0.25) is 0 Å². The molecule has 0 saturated carbocycles. The minimum atomic E-state index is -0.936. The number of aryl methyl sites for hydroxylation is 2. The third-order valence-corrected chi connectivity index (χ3v) is 2.73. The van der Waals surface area contributed by atoms with Gasteiger partial charge in [0.1, 0.15) is 0 Å². The highest BCUT2D eigenvalue weighted by molar-refractivity contribution is 5.95. The first-order valence-corrected chi connectivity index (χ1v) is 5.86. The lowest BCUT2D eigenvalue weighted by Crippen LogP contribution is -2.05. The smallest absolute Gasteiger partial charge is 0.336 e. The Labute approximate surface area is 105 Å². The van der Waals surface area contributed by atoms with Gasteiger partial charge in [0.05, 0.1) is 17.5 Å². The predicted octanol–water partition coefficient (Wildman–Crippen LogP) is 2.36. The van der Waals surface area contributed by atoms with Crippen LogP contribution in [0.1, 0.15) is 29.3 Å². The highest BCUT2D eigenvalue weighted by Crippen LogP contribution is 2.24. The summed E-state index contributed by atoms with van der Waals surface area (Å²) < 4.78 is 1.74. The zero-order valence-electron chi connectivity index (χ0n) is 10.4. The van der Waals surface area contributed by atoms with Gasteiger partial charge < -0.3 is 5.11 Å². The Morgan fingerprint density at radius 3 is 2.89 bits per heavy atom. The molecule has 1 aromatic heterocycles. The van der Waals surface area contributed by atoms with Crippen LogP contribution >= 0.6 is 0 Å². The zero-order chi connectivity index (χ0) is 13.1. The number of nitrogens with zero attached hydrogens (tertiary/aromatic N) is 3. The Kier molecular flexibility index (Phi) is 3.41. The van der Waals surface area contributed by atoms with E-state index in [1.165, 1.54) is 0 Å². The van der Waals surface area contributed by atoms with Crippen molar-refractivity contribution in [1.29, 1.82) is 0 Å². The molecule has 0 atom stereocenters. The summed E-state index contributed by atoms with van der Waals surface area (Å²) in [5.41, 5.74) is 2.71. The van der Waals surface area contributed by atoms with E-state index in [9.17, 15) is 9.90 Å². The summed E-state index contributed by atoms with van der Waals surface area (Å²) >= 11 is 0. The molecule has 0 aliphatic carbocycles. The average Bonchev–Trinajstić information content (AvgIpc) is 2.77. The summed E-state index contributed by atoms with van der Waals surface area (Å²) in [6, 6.07) is 5.27. The van der Waals surface area contributed by atoms with Gasteiger partial charge >= 0.3 is 5.97 Å². The molecule has 1 aromatic carbocycles. The Balaban J connectivity index is 2.58. The van der Waals surface area contributed by atoms with Gasteiger partial charge in [-0.15, -0.1) is 5.10 Å². The quantitative estimate of drug-likeness (QED) is 0.897. The molecule has 18 heavy (non-hydrogen) atoms. The molecule has 5 nitrogen and oxygen atoms in total. The number of hydrogen-bond acceptors (Lipinski definition) is 3. The van der Waals surface area contributed by atoms with E-state index in [1.807, 2.05) is 19.9 Å². The predicted molar refractivity (Wildman–Crippen MR) is 67.4 cm³/mol. The van der Waals surface area contributed by atoms with Gasteiger partial charge in [0.25, 0.3) is 0 Å². The first kappa shape index (κ1) is 12.3. The second kappa shape index (κ2) is 5.00. The molecule has 0 saturated heterocycles. The van der Waals surface area contributed by atoms with Crippen LogP contribution in [0.2, 0.25) is 0 Å². The summed E-state index contributed by atoms with van der Waals surface area (Å²) in [5, 5.41) is 17.1. The Morgan fingerprint density at radius 1 is 1.44 bits per heavy atom. The molecular formula is C13H15N3O2. The van der Waals surface area contributed by atoms with Crippen LogP contribution in [0, 0.1) is 6.92 Å². The largest absolute Gasteiger partial charge is 0.478 e. The molecule has 0 bridgehead atoms. The van der Waals surface area contributed by atoms with Crippen LogP contribution in [0.25, 0.3) is 11.3 Å². The lowest BCUT2D eigenvalue weighted by atomic mass is 10.0. The number of aromatic nitrogens is 3. The van der Waals surface area contributed by atoms with Crippen LogP contribution in [0.5, 0.6) is 0 Å². The topological polar surface area (TPSA) is 68.0 Å². The Bertz CT molecular complexity index is 575. The molecule has 1 N–H and O–H groups in total. The van der Waals surface area contributed by atoms with E-state index >= 15 is 0 Å². The number of carboxylic acid groups (broad SMARTS) is 1. The maximum atomic E-state index is 11.2. The van der Waals surface area contributed by atoms with Crippen molar-refractivity contribution in [2.24, 2.45) is 0 Å². The normalized spacial score (nSPS) is 10.6. The van der Waals surface area contributed by atoms with Crippen LogP contribution in [0.4, 0.5) is 0 Å². The maximum Gasteiger partial charge on any atom is 0.336 e. The van der Waals surface area contributed by atoms with Crippen LogP contribution < -0.4 is 0 Å². The van der Waals surface area contributed by atoms with Crippen LogP contribution in [0.3, 0.4) is 0 Å². The number of aromatic carboxylic acids is 1. The lowest BCUT2D eigenvalue weighted by molar-refractivity contribution is 0.0697. The molecule has 2 aromatic rings.